The average molecular weight is 676 g/mol. The second kappa shape index (κ2) is 18.8. The number of hydroxylamine groups is 1. The molecule has 7 nitrogen and oxygen atoms in total. The Bertz CT molecular complexity index is 1330. The molecule has 0 unspecified atom stereocenters. The number of aromatic nitrogens is 1. The van der Waals surface area contributed by atoms with E-state index in [0.29, 0.717) is 22.2 Å². The number of anilines is 1. The molecule has 0 aliphatic heterocycles. The molecule has 220 valence electrons. The third-order valence-electron chi connectivity index (χ3n) is 4.79. The zero-order valence-electron chi connectivity index (χ0n) is 22.4. The minimum atomic E-state index is -6.09. The standard InChI is InChI=1S/C13H10NO2.C10H14.C5H5N.CHF3O3S.Ru/c15-13(11-7-3-1-4-8-11)14(16)12-9-5-2-6-10-12;1-8(2)10-6-4-9(3)5-7-10;1-2-4-6-5-3-1;2-1(3,4)8(5,6)7;/h1-10H;4-8H,1-3H3;1-5H;(H,5,6,7);/q-1;;;;+2/p-1. The van der Waals surface area contributed by atoms with Crippen molar-refractivity contribution in [1.29, 1.82) is 0 Å². The summed E-state index contributed by atoms with van der Waals surface area (Å²) in [6.45, 7) is 6.54. The molecular weight excluding hydrogens is 646 g/mol. The fourth-order valence-electron chi connectivity index (χ4n) is 2.64. The summed E-state index contributed by atoms with van der Waals surface area (Å²) in [6, 6.07) is 31.4. The SMILES string of the molecule is Cc1ccc(C(C)C)cc1.O=C(c1ccccc1)N([O-])c1ccccc1.O=S(=O)([O-])C(F)(F)F.[Ru+2].c1ccncc1. The van der Waals surface area contributed by atoms with Gasteiger partial charge in [-0.3, -0.25) is 9.78 Å². The third-order valence-corrected chi connectivity index (χ3v) is 5.36. The van der Waals surface area contributed by atoms with Crippen LogP contribution in [0.1, 0.15) is 41.3 Å². The molecular formula is C29H29F3N2O5RuS. The van der Waals surface area contributed by atoms with E-state index in [4.69, 9.17) is 13.0 Å². The van der Waals surface area contributed by atoms with Crippen LogP contribution in [0.25, 0.3) is 0 Å². The van der Waals surface area contributed by atoms with E-state index in [1.807, 2.05) is 18.2 Å². The van der Waals surface area contributed by atoms with Gasteiger partial charge >= 0.3 is 25.0 Å². The summed E-state index contributed by atoms with van der Waals surface area (Å²) < 4.78 is 58.9. The van der Waals surface area contributed by atoms with Gasteiger partial charge in [-0.2, -0.15) is 13.2 Å². The van der Waals surface area contributed by atoms with E-state index < -0.39 is 21.5 Å². The number of hydrogen-bond acceptors (Lipinski definition) is 6. The number of rotatable bonds is 3. The Morgan fingerprint density at radius 3 is 1.56 bits per heavy atom. The topological polar surface area (TPSA) is 113 Å². The predicted octanol–water partition coefficient (Wildman–Crippen LogP) is 7.08. The predicted molar refractivity (Wildman–Crippen MR) is 148 cm³/mol. The maximum absolute atomic E-state index is 11.8. The van der Waals surface area contributed by atoms with Crippen LogP contribution in [0.3, 0.4) is 0 Å². The first-order chi connectivity index (χ1) is 18.7. The molecule has 41 heavy (non-hydrogen) atoms. The molecule has 0 aliphatic rings. The first-order valence-electron chi connectivity index (χ1n) is 11.8. The average Bonchev–Trinajstić information content (AvgIpc) is 2.94. The Morgan fingerprint density at radius 2 is 1.22 bits per heavy atom. The number of alkyl halides is 3. The number of benzene rings is 3. The van der Waals surface area contributed by atoms with E-state index in [2.05, 4.69) is 50.0 Å². The van der Waals surface area contributed by atoms with E-state index in [0.717, 1.165) is 0 Å². The first kappa shape index (κ1) is 37.6. The molecule has 0 aliphatic carbocycles. The van der Waals surface area contributed by atoms with Gasteiger partial charge < -0.3 is 14.8 Å². The molecule has 4 aromatic rings. The van der Waals surface area contributed by atoms with Gasteiger partial charge in [0.2, 0.25) is 5.91 Å². The minimum absolute atomic E-state index is 0. The van der Waals surface area contributed by atoms with Gasteiger partial charge in [-0.1, -0.05) is 86.1 Å². The van der Waals surface area contributed by atoms with E-state index >= 15 is 0 Å². The van der Waals surface area contributed by atoms with Crippen molar-refractivity contribution >= 4 is 21.7 Å². The molecule has 0 fully saturated rings. The summed E-state index contributed by atoms with van der Waals surface area (Å²) in [4.78, 5) is 15.5. The summed E-state index contributed by atoms with van der Waals surface area (Å²) in [7, 11) is -6.09. The summed E-state index contributed by atoms with van der Waals surface area (Å²) in [5.41, 5.74) is -2.15. The Morgan fingerprint density at radius 1 is 0.805 bits per heavy atom. The van der Waals surface area contributed by atoms with Crippen molar-refractivity contribution in [3.05, 3.63) is 137 Å². The van der Waals surface area contributed by atoms with Crippen molar-refractivity contribution in [2.24, 2.45) is 0 Å². The molecule has 0 N–H and O–H groups in total. The van der Waals surface area contributed by atoms with Crippen molar-refractivity contribution in [2.45, 2.75) is 32.2 Å². The molecule has 1 heterocycles. The molecule has 0 atom stereocenters. The number of halogens is 3. The van der Waals surface area contributed by atoms with Crippen molar-refractivity contribution in [3.63, 3.8) is 0 Å². The van der Waals surface area contributed by atoms with Crippen LogP contribution in [-0.4, -0.2) is 29.4 Å². The van der Waals surface area contributed by atoms with Crippen molar-refractivity contribution in [2.75, 3.05) is 5.06 Å². The zero-order chi connectivity index (χ0) is 30.2. The number of carbonyl (C=O) groups is 1. The van der Waals surface area contributed by atoms with Crippen molar-refractivity contribution < 1.29 is 50.4 Å². The molecule has 0 bridgehead atoms. The molecule has 1 amide bonds. The number of aryl methyl sites for hydroxylation is 1. The minimum Gasteiger partial charge on any atom is -0.751 e. The molecule has 0 saturated heterocycles. The Hall–Kier alpha value is -3.44. The molecule has 3 aromatic carbocycles. The van der Waals surface area contributed by atoms with Gasteiger partial charge in [-0.15, -0.1) is 0 Å². The quantitative estimate of drug-likeness (QED) is 0.0993. The van der Waals surface area contributed by atoms with Crippen LogP contribution in [-0.2, 0) is 29.6 Å². The Balaban J connectivity index is 0.000000554. The maximum atomic E-state index is 11.8. The zero-order valence-corrected chi connectivity index (χ0v) is 24.9. The van der Waals surface area contributed by atoms with Gasteiger partial charge in [0, 0.05) is 23.6 Å². The fourth-order valence-corrected chi connectivity index (χ4v) is 2.64. The van der Waals surface area contributed by atoms with Crippen LogP contribution in [0.2, 0.25) is 0 Å². The van der Waals surface area contributed by atoms with E-state index in [-0.39, 0.29) is 19.5 Å². The number of para-hydroxylation sites is 1. The fraction of sp³-hybridized carbons (Fsp3) is 0.172. The monoisotopic (exact) mass is 676 g/mol. The Labute approximate surface area is 251 Å². The molecule has 1 aromatic heterocycles. The third kappa shape index (κ3) is 15.2. The van der Waals surface area contributed by atoms with E-state index in [9.17, 15) is 23.2 Å². The molecule has 0 spiro atoms. The summed E-state index contributed by atoms with van der Waals surface area (Å²) in [5, 5.41) is 12.1. The van der Waals surface area contributed by atoms with Gasteiger partial charge in [-0.25, -0.2) is 8.42 Å². The van der Waals surface area contributed by atoms with Gasteiger partial charge in [0.15, 0.2) is 10.1 Å². The van der Waals surface area contributed by atoms with Gasteiger partial charge in [-0.05, 0) is 54.8 Å². The van der Waals surface area contributed by atoms with E-state index in [1.54, 1.807) is 73.1 Å². The summed E-state index contributed by atoms with van der Waals surface area (Å²) >= 11 is 0. The van der Waals surface area contributed by atoms with Crippen LogP contribution >= 0.6 is 0 Å². The van der Waals surface area contributed by atoms with Gasteiger partial charge in [0.05, 0.1) is 0 Å². The van der Waals surface area contributed by atoms with E-state index in [1.165, 1.54) is 11.1 Å². The first-order valence-corrected chi connectivity index (χ1v) is 13.2. The van der Waals surface area contributed by atoms with Crippen molar-refractivity contribution in [1.82, 2.24) is 4.98 Å². The summed E-state index contributed by atoms with van der Waals surface area (Å²) in [5.74, 6) is 0.104. The van der Waals surface area contributed by atoms with Crippen LogP contribution in [0.5, 0.6) is 0 Å². The molecule has 12 heteroatoms. The number of hydrogen-bond donors (Lipinski definition) is 0. The second-order valence-electron chi connectivity index (χ2n) is 8.29. The van der Waals surface area contributed by atoms with Crippen LogP contribution in [0.15, 0.2) is 116 Å². The molecule has 0 saturated carbocycles. The van der Waals surface area contributed by atoms with Crippen LogP contribution in [0.4, 0.5) is 18.9 Å². The number of amides is 1. The largest absolute Gasteiger partial charge is 2.00 e. The number of pyridine rings is 1. The number of carbonyl (C=O) groups excluding carboxylic acids is 1. The molecule has 0 radical (unpaired) electrons. The van der Waals surface area contributed by atoms with Crippen LogP contribution in [0, 0.1) is 12.1 Å². The second-order valence-corrected chi connectivity index (χ2v) is 9.66. The summed E-state index contributed by atoms with van der Waals surface area (Å²) in [6.07, 6.45) is 3.50. The van der Waals surface area contributed by atoms with Gasteiger partial charge in [0.25, 0.3) is 0 Å². The Kier molecular flexibility index (Phi) is 17.2. The van der Waals surface area contributed by atoms with Crippen molar-refractivity contribution in [3.8, 4) is 0 Å². The smallest absolute Gasteiger partial charge is 0.751 e. The number of nitrogens with zero attached hydrogens (tertiary/aromatic N) is 2. The maximum Gasteiger partial charge on any atom is 2.00 e. The normalized spacial score (nSPS) is 10.3. The molecule has 4 rings (SSSR count). The van der Waals surface area contributed by atoms with Gasteiger partial charge in [0.1, 0.15) is 0 Å². The van der Waals surface area contributed by atoms with Crippen LogP contribution < -0.4 is 5.06 Å².